The van der Waals surface area contributed by atoms with Crippen LogP contribution in [0, 0.1) is 5.41 Å². The van der Waals surface area contributed by atoms with Gasteiger partial charge in [0.2, 0.25) is 0 Å². The second kappa shape index (κ2) is 11.1. The Labute approximate surface area is 268 Å². The minimum absolute atomic E-state index is 0.0108. The van der Waals surface area contributed by atoms with Crippen molar-refractivity contribution in [3.8, 4) is 5.69 Å². The molecule has 0 amide bonds. The Morgan fingerprint density at radius 3 is 2.48 bits per heavy atom. The molecule has 3 aromatic heterocycles. The van der Waals surface area contributed by atoms with E-state index in [0.29, 0.717) is 28.8 Å². The van der Waals surface area contributed by atoms with Crippen molar-refractivity contribution in [2.24, 2.45) is 12.5 Å². The third-order valence-corrected chi connectivity index (χ3v) is 11.9. The van der Waals surface area contributed by atoms with E-state index >= 15 is 0 Å². The molecule has 2 fully saturated rings. The van der Waals surface area contributed by atoms with E-state index < -0.39 is 18.2 Å². The fraction of sp³-hybridized carbons (Fsp3) is 0.500. The number of hydrogen-bond donors (Lipinski definition) is 0. The van der Waals surface area contributed by atoms with Crippen LogP contribution in [0.25, 0.3) is 16.6 Å². The zero-order chi connectivity index (χ0) is 31.7. The van der Waals surface area contributed by atoms with Crippen molar-refractivity contribution >= 4 is 52.3 Å². The van der Waals surface area contributed by atoms with Crippen LogP contribution in [-0.4, -0.2) is 53.3 Å². The molecule has 44 heavy (non-hydrogen) atoms. The predicted octanol–water partition coefficient (Wildman–Crippen LogP) is 5.88. The number of nitrogens with zero attached hydrogens (tertiary/aromatic N) is 5. The molecule has 0 atom stereocenters. The second-order valence-corrected chi connectivity index (χ2v) is 21.7. The van der Waals surface area contributed by atoms with Crippen molar-refractivity contribution in [2.45, 2.75) is 70.1 Å². The fourth-order valence-electron chi connectivity index (χ4n) is 6.52. The third kappa shape index (κ3) is 5.80. The Morgan fingerprint density at radius 2 is 1.86 bits per heavy atom. The maximum absolute atomic E-state index is 14.3. The molecule has 1 spiro atoms. The average Bonchev–Trinajstić information content (AvgIpc) is 3.51. The average molecular weight is 679 g/mol. The summed E-state index contributed by atoms with van der Waals surface area (Å²) in [5.41, 5.74) is 1.96. The van der Waals surface area contributed by atoms with Crippen LogP contribution in [0.5, 0.6) is 0 Å². The van der Waals surface area contributed by atoms with Crippen molar-refractivity contribution in [1.82, 2.24) is 23.9 Å². The van der Waals surface area contributed by atoms with E-state index in [9.17, 15) is 13.2 Å². The Morgan fingerprint density at radius 1 is 1.14 bits per heavy atom. The summed E-state index contributed by atoms with van der Waals surface area (Å²) in [6, 6.07) is 8.85. The molecule has 6 rings (SSSR count). The number of ether oxygens (including phenoxy) is 1. The molecule has 10 nitrogen and oxygen atoms in total. The van der Waals surface area contributed by atoms with Gasteiger partial charge in [0.15, 0.2) is 0 Å². The normalized spacial score (nSPS) is 17.3. The zero-order valence-corrected chi connectivity index (χ0v) is 28.9. The van der Waals surface area contributed by atoms with Crippen molar-refractivity contribution in [2.75, 3.05) is 12.9 Å². The van der Waals surface area contributed by atoms with Crippen LogP contribution in [0.3, 0.4) is 0 Å². The molecule has 0 saturated heterocycles. The highest BCUT2D eigenvalue weighted by molar-refractivity contribution is 7.85. The molecule has 0 aliphatic heterocycles. The summed E-state index contributed by atoms with van der Waals surface area (Å²) in [5, 5.41) is 9.41. The lowest BCUT2D eigenvalue weighted by Crippen LogP contribution is -2.45. The Balaban J connectivity index is 1.45. The van der Waals surface area contributed by atoms with Gasteiger partial charge in [0.1, 0.15) is 31.0 Å². The van der Waals surface area contributed by atoms with Crippen LogP contribution in [0.15, 0.2) is 41.6 Å². The number of fused-ring (bicyclic) bond motifs is 1. The molecule has 4 aromatic rings. The van der Waals surface area contributed by atoms with Gasteiger partial charge in [0, 0.05) is 39.0 Å². The topological polar surface area (TPSA) is 110 Å². The number of benzene rings is 1. The third-order valence-electron chi connectivity index (χ3n) is 8.96. The van der Waals surface area contributed by atoms with E-state index in [1.165, 1.54) is 17.4 Å². The van der Waals surface area contributed by atoms with Gasteiger partial charge in [-0.15, -0.1) is 10.2 Å². The van der Waals surface area contributed by atoms with Gasteiger partial charge in [-0.25, -0.2) is 0 Å². The molecule has 0 N–H and O–H groups in total. The van der Waals surface area contributed by atoms with Gasteiger partial charge in [-0.3, -0.25) is 13.5 Å². The van der Waals surface area contributed by atoms with Crippen LogP contribution in [0.2, 0.25) is 35.7 Å². The van der Waals surface area contributed by atoms with Crippen molar-refractivity contribution < 1.29 is 17.3 Å². The summed E-state index contributed by atoms with van der Waals surface area (Å²) in [5.74, 6) is 0.916. The lowest BCUT2D eigenvalue weighted by Gasteiger charge is -2.48. The summed E-state index contributed by atoms with van der Waals surface area (Å²) < 4.78 is 40.0. The number of hydrogen-bond acceptors (Lipinski definition) is 7. The molecule has 2 aliphatic rings. The molecular formula is C30H37Cl2N5O5SSi. The highest BCUT2D eigenvalue weighted by atomic mass is 35.5. The molecule has 2 aliphatic carbocycles. The number of aryl methyl sites for hydroxylation is 1. The molecule has 0 radical (unpaired) electrons. The maximum Gasteiger partial charge on any atom is 0.279 e. The zero-order valence-electron chi connectivity index (χ0n) is 25.6. The van der Waals surface area contributed by atoms with Gasteiger partial charge in [-0.1, -0.05) is 55.0 Å². The number of pyridine rings is 1. The van der Waals surface area contributed by atoms with Crippen LogP contribution in [0.4, 0.5) is 0 Å². The lowest BCUT2D eigenvalue weighted by atomic mass is 9.56. The molecule has 2 saturated carbocycles. The summed E-state index contributed by atoms with van der Waals surface area (Å²) in [6.07, 6.45) is 8.68. The van der Waals surface area contributed by atoms with Gasteiger partial charge < -0.3 is 13.9 Å². The number of halogens is 2. The highest BCUT2D eigenvalue weighted by Gasteiger charge is 2.63. The van der Waals surface area contributed by atoms with Gasteiger partial charge in [-0.05, 0) is 54.8 Å². The van der Waals surface area contributed by atoms with Gasteiger partial charge >= 0.3 is 0 Å². The first-order chi connectivity index (χ1) is 20.6. The van der Waals surface area contributed by atoms with E-state index in [-0.39, 0.29) is 39.9 Å². The molecule has 14 heteroatoms. The maximum atomic E-state index is 14.3. The molecule has 236 valence electrons. The first-order valence-electron chi connectivity index (χ1n) is 14.6. The molecule has 0 bridgehead atoms. The SMILES string of the molecule is Cn1cnnc1C1(c2cccc(-n3cc(Cl)c4c(Cl)c(COS(C)(=O)=O)n(COCC[Si](C)(C)C)c4c3=O)c2)CC2(CC2)C1. The van der Waals surface area contributed by atoms with Crippen molar-refractivity contribution in [1.29, 1.82) is 0 Å². The van der Waals surface area contributed by atoms with E-state index in [1.54, 1.807) is 17.1 Å². The van der Waals surface area contributed by atoms with E-state index in [4.69, 9.17) is 32.1 Å². The minimum Gasteiger partial charge on any atom is -0.361 e. The molecule has 1 aromatic carbocycles. The first-order valence-corrected chi connectivity index (χ1v) is 20.9. The van der Waals surface area contributed by atoms with Crippen LogP contribution < -0.4 is 5.56 Å². The number of rotatable bonds is 11. The van der Waals surface area contributed by atoms with Crippen LogP contribution in [-0.2, 0) is 44.8 Å². The molecular weight excluding hydrogens is 641 g/mol. The van der Waals surface area contributed by atoms with Gasteiger partial charge in [0.25, 0.3) is 15.7 Å². The summed E-state index contributed by atoms with van der Waals surface area (Å²) in [6.45, 7) is 6.86. The Kier molecular flexibility index (Phi) is 7.94. The standard InChI is InChI=1S/C30H37Cl2N5O5SSi/c1-35-18-33-34-28(35)30(16-29(17-30)9-10-29)20-7-6-8-21(13-20)36-14-22(31)24-25(32)23(15-42-43(2,39)40)37(26(24)27(36)38)19-41-11-12-44(3,4)5/h6-8,13-14,18H,9-12,15-17,19H2,1-5H3. The predicted molar refractivity (Wildman–Crippen MR) is 174 cm³/mol. The largest absolute Gasteiger partial charge is 0.361 e. The Hall–Kier alpha value is -2.48. The van der Waals surface area contributed by atoms with Crippen molar-refractivity contribution in [3.05, 3.63) is 74.3 Å². The van der Waals surface area contributed by atoms with E-state index in [0.717, 1.165) is 36.5 Å². The van der Waals surface area contributed by atoms with Crippen molar-refractivity contribution in [3.63, 3.8) is 0 Å². The van der Waals surface area contributed by atoms with Crippen LogP contribution >= 0.6 is 23.2 Å². The van der Waals surface area contributed by atoms with E-state index in [1.807, 2.05) is 29.8 Å². The fourth-order valence-corrected chi connectivity index (χ4v) is 8.28. The second-order valence-electron chi connectivity index (χ2n) is 13.6. The molecule has 0 unspecified atom stereocenters. The van der Waals surface area contributed by atoms with Gasteiger partial charge in [0.05, 0.1) is 27.4 Å². The smallest absolute Gasteiger partial charge is 0.279 e. The Bertz CT molecular complexity index is 1920. The van der Waals surface area contributed by atoms with E-state index in [2.05, 4.69) is 35.9 Å². The summed E-state index contributed by atoms with van der Waals surface area (Å²) in [4.78, 5) is 14.3. The monoisotopic (exact) mass is 677 g/mol. The summed E-state index contributed by atoms with van der Waals surface area (Å²) in [7, 11) is -3.20. The molecule has 3 heterocycles. The lowest BCUT2D eigenvalue weighted by molar-refractivity contribution is 0.0861. The minimum atomic E-state index is -3.79. The van der Waals surface area contributed by atoms with Crippen LogP contribution in [0.1, 0.15) is 42.8 Å². The first kappa shape index (κ1) is 31.5. The van der Waals surface area contributed by atoms with Gasteiger partial charge in [-0.2, -0.15) is 8.42 Å². The number of aromatic nitrogens is 5. The highest BCUT2D eigenvalue weighted by Crippen LogP contribution is 2.70. The quantitative estimate of drug-likeness (QED) is 0.111. The summed E-state index contributed by atoms with van der Waals surface area (Å²) >= 11 is 13.6.